The Labute approximate surface area is 218 Å². The molecule has 0 aliphatic heterocycles. The number of carbonyl (C=O) groups excluding carboxylic acids is 2. The van der Waals surface area contributed by atoms with Gasteiger partial charge in [-0.2, -0.15) is 0 Å². The van der Waals surface area contributed by atoms with E-state index < -0.39 is 28.5 Å². The molecule has 3 rings (SSSR count). The summed E-state index contributed by atoms with van der Waals surface area (Å²) in [4.78, 5) is 27.6. The monoisotopic (exact) mass is 523 g/mol. The lowest BCUT2D eigenvalue weighted by Crippen LogP contribution is -2.50. The summed E-state index contributed by atoms with van der Waals surface area (Å²) in [5, 5.41) is 2.58. The quantitative estimate of drug-likeness (QED) is 0.413. The summed E-state index contributed by atoms with van der Waals surface area (Å²) >= 11 is 0. The molecule has 0 bridgehead atoms. The first kappa shape index (κ1) is 27.7. The van der Waals surface area contributed by atoms with E-state index in [0.717, 1.165) is 15.4 Å². The molecule has 8 nitrogen and oxygen atoms in total. The van der Waals surface area contributed by atoms with Crippen molar-refractivity contribution in [3.05, 3.63) is 90.0 Å². The summed E-state index contributed by atoms with van der Waals surface area (Å²) in [5.41, 5.74) is 2.24. The van der Waals surface area contributed by atoms with E-state index in [0.29, 0.717) is 18.0 Å². The molecule has 0 aliphatic carbocycles. The fraction of sp³-hybridized carbons (Fsp3) is 0.286. The molecule has 0 aromatic heterocycles. The number of sulfonamides is 1. The van der Waals surface area contributed by atoms with E-state index in [1.54, 1.807) is 49.4 Å². The van der Waals surface area contributed by atoms with Gasteiger partial charge in [-0.15, -0.1) is 0 Å². The van der Waals surface area contributed by atoms with E-state index >= 15 is 0 Å². The van der Waals surface area contributed by atoms with Crippen LogP contribution in [0.5, 0.6) is 5.75 Å². The molecule has 1 N–H and O–H groups in total. The van der Waals surface area contributed by atoms with Crippen molar-refractivity contribution < 1.29 is 22.7 Å². The lowest BCUT2D eigenvalue weighted by atomic mass is 10.1. The van der Waals surface area contributed by atoms with E-state index in [1.165, 1.54) is 24.1 Å². The van der Waals surface area contributed by atoms with Gasteiger partial charge in [0.05, 0.1) is 17.2 Å². The highest BCUT2D eigenvalue weighted by molar-refractivity contribution is 7.92. The van der Waals surface area contributed by atoms with Gasteiger partial charge in [-0.1, -0.05) is 48.0 Å². The van der Waals surface area contributed by atoms with Gasteiger partial charge >= 0.3 is 0 Å². The lowest BCUT2D eigenvalue weighted by molar-refractivity contribution is -0.139. The number of hydrogen-bond acceptors (Lipinski definition) is 5. The van der Waals surface area contributed by atoms with Crippen LogP contribution in [0.3, 0.4) is 0 Å². The zero-order chi connectivity index (χ0) is 27.0. The molecular weight excluding hydrogens is 490 g/mol. The maximum atomic E-state index is 13.8. The molecule has 2 amide bonds. The molecule has 3 aromatic carbocycles. The maximum absolute atomic E-state index is 13.8. The third-order valence-electron chi connectivity index (χ3n) is 5.93. The van der Waals surface area contributed by atoms with Crippen molar-refractivity contribution >= 4 is 27.5 Å². The van der Waals surface area contributed by atoms with Gasteiger partial charge in [0.2, 0.25) is 11.8 Å². The van der Waals surface area contributed by atoms with Gasteiger partial charge in [0.15, 0.2) is 0 Å². The molecule has 0 heterocycles. The van der Waals surface area contributed by atoms with E-state index in [4.69, 9.17) is 4.74 Å². The molecule has 3 aromatic rings. The average molecular weight is 524 g/mol. The molecule has 196 valence electrons. The molecule has 0 aliphatic rings. The van der Waals surface area contributed by atoms with Crippen LogP contribution in [0.25, 0.3) is 0 Å². The first-order valence-electron chi connectivity index (χ1n) is 12.0. The van der Waals surface area contributed by atoms with Crippen molar-refractivity contribution in [2.45, 2.75) is 38.3 Å². The second kappa shape index (κ2) is 12.4. The van der Waals surface area contributed by atoms with E-state index in [9.17, 15) is 18.0 Å². The summed E-state index contributed by atoms with van der Waals surface area (Å²) < 4.78 is 34.0. The lowest BCUT2D eigenvalue weighted by Gasteiger charge is -2.31. The largest absolute Gasteiger partial charge is 0.494 e. The van der Waals surface area contributed by atoms with Crippen LogP contribution in [0.4, 0.5) is 5.69 Å². The number of amides is 2. The highest BCUT2D eigenvalue weighted by Gasteiger charge is 2.32. The van der Waals surface area contributed by atoms with Crippen LogP contribution < -0.4 is 14.4 Å². The number of rotatable bonds is 11. The van der Waals surface area contributed by atoms with Crippen LogP contribution in [0.15, 0.2) is 83.8 Å². The van der Waals surface area contributed by atoms with Gasteiger partial charge < -0.3 is 15.0 Å². The molecule has 0 saturated carbocycles. The number of likely N-dealkylation sites (N-methyl/N-ethyl adjacent to an activating group) is 1. The highest BCUT2D eigenvalue weighted by Crippen LogP contribution is 2.26. The Morgan fingerprint density at radius 3 is 2.14 bits per heavy atom. The fourth-order valence-electron chi connectivity index (χ4n) is 3.81. The number of carbonyl (C=O) groups is 2. The Balaban J connectivity index is 1.98. The van der Waals surface area contributed by atoms with Gasteiger partial charge in [-0.3, -0.25) is 13.9 Å². The van der Waals surface area contributed by atoms with Crippen LogP contribution in [0.1, 0.15) is 25.0 Å². The zero-order valence-electron chi connectivity index (χ0n) is 21.5. The fourth-order valence-corrected chi connectivity index (χ4v) is 5.22. The Hall–Kier alpha value is -3.85. The standard InChI is InChI=1S/C28H33N3O5S/c1-5-36-25-15-17-26(18-16-25)37(34,35)31(24-9-7-6-8-10-24)20-27(32)30(22(3)28(33)29-4)19-23-13-11-21(2)12-14-23/h6-18,22H,5,19-20H2,1-4H3,(H,29,33)/t22-/m1/s1. The summed E-state index contributed by atoms with van der Waals surface area (Å²) in [7, 11) is -2.61. The molecule has 0 fully saturated rings. The van der Waals surface area contributed by atoms with E-state index in [2.05, 4.69) is 5.32 Å². The van der Waals surface area contributed by atoms with Crippen molar-refractivity contribution in [2.75, 3.05) is 24.5 Å². The molecule has 0 unspecified atom stereocenters. The van der Waals surface area contributed by atoms with Crippen LogP contribution >= 0.6 is 0 Å². The van der Waals surface area contributed by atoms with Gasteiger partial charge in [0.1, 0.15) is 18.3 Å². The minimum absolute atomic E-state index is 0.0250. The predicted octanol–water partition coefficient (Wildman–Crippen LogP) is 3.75. The SMILES string of the molecule is CCOc1ccc(S(=O)(=O)N(CC(=O)N(Cc2ccc(C)cc2)[C@H](C)C(=O)NC)c2ccccc2)cc1. The van der Waals surface area contributed by atoms with E-state index in [-0.39, 0.29) is 17.3 Å². The number of benzene rings is 3. The summed E-state index contributed by atoms with van der Waals surface area (Å²) in [6.45, 7) is 5.56. The van der Waals surface area contributed by atoms with E-state index in [1.807, 2.05) is 38.1 Å². The number of ether oxygens (including phenoxy) is 1. The Morgan fingerprint density at radius 1 is 0.946 bits per heavy atom. The molecule has 0 saturated heterocycles. The molecular formula is C28H33N3O5S. The van der Waals surface area contributed by atoms with Crippen molar-refractivity contribution in [1.82, 2.24) is 10.2 Å². The normalized spacial score (nSPS) is 11.9. The number of aryl methyl sites for hydroxylation is 1. The molecule has 0 radical (unpaired) electrons. The van der Waals surface area contributed by atoms with Crippen LogP contribution in [-0.2, 0) is 26.2 Å². The predicted molar refractivity (Wildman–Crippen MR) is 144 cm³/mol. The first-order valence-corrected chi connectivity index (χ1v) is 13.5. The second-order valence-corrected chi connectivity index (χ2v) is 10.4. The van der Waals surface area contributed by atoms with Crippen molar-refractivity contribution in [3.63, 3.8) is 0 Å². The zero-order valence-corrected chi connectivity index (χ0v) is 22.4. The Kier molecular flexibility index (Phi) is 9.30. The summed E-state index contributed by atoms with van der Waals surface area (Å²) in [6, 6.07) is 21.3. The minimum Gasteiger partial charge on any atom is -0.494 e. The van der Waals surface area contributed by atoms with Crippen LogP contribution in [0.2, 0.25) is 0 Å². The number of anilines is 1. The average Bonchev–Trinajstić information content (AvgIpc) is 2.91. The Morgan fingerprint density at radius 2 is 1.57 bits per heavy atom. The number of para-hydroxylation sites is 1. The second-order valence-electron chi connectivity index (χ2n) is 8.55. The summed E-state index contributed by atoms with van der Waals surface area (Å²) in [6.07, 6.45) is 0. The number of nitrogens with zero attached hydrogens (tertiary/aromatic N) is 2. The van der Waals surface area contributed by atoms with Crippen molar-refractivity contribution in [2.24, 2.45) is 0 Å². The van der Waals surface area contributed by atoms with Gasteiger partial charge in [-0.25, -0.2) is 8.42 Å². The third kappa shape index (κ3) is 6.89. The molecule has 1 atom stereocenters. The van der Waals surface area contributed by atoms with Crippen LogP contribution in [0, 0.1) is 6.92 Å². The maximum Gasteiger partial charge on any atom is 0.264 e. The smallest absolute Gasteiger partial charge is 0.264 e. The van der Waals surface area contributed by atoms with Crippen LogP contribution in [-0.4, -0.2) is 51.4 Å². The number of nitrogens with one attached hydrogen (secondary N) is 1. The summed E-state index contributed by atoms with van der Waals surface area (Å²) in [5.74, 6) is -0.302. The van der Waals surface area contributed by atoms with Crippen molar-refractivity contribution in [1.29, 1.82) is 0 Å². The van der Waals surface area contributed by atoms with Gasteiger partial charge in [0, 0.05) is 13.6 Å². The minimum atomic E-state index is -4.11. The molecule has 37 heavy (non-hydrogen) atoms. The third-order valence-corrected chi connectivity index (χ3v) is 7.72. The molecule has 9 heteroatoms. The molecule has 0 spiro atoms. The van der Waals surface area contributed by atoms with Crippen molar-refractivity contribution in [3.8, 4) is 5.75 Å². The van der Waals surface area contributed by atoms with Gasteiger partial charge in [-0.05, 0) is 62.7 Å². The first-order chi connectivity index (χ1) is 17.7. The Bertz CT molecular complexity index is 1290. The number of hydrogen-bond donors (Lipinski definition) is 1. The van der Waals surface area contributed by atoms with Gasteiger partial charge in [0.25, 0.3) is 10.0 Å². The topological polar surface area (TPSA) is 96.0 Å². The highest BCUT2D eigenvalue weighted by atomic mass is 32.2.